The monoisotopic (exact) mass is 397 g/mol. The Bertz CT molecular complexity index is 1390. The predicted molar refractivity (Wildman–Crippen MR) is 105 cm³/mol. The summed E-state index contributed by atoms with van der Waals surface area (Å²) in [6, 6.07) is 7.43. The number of aromatic nitrogens is 5. The normalized spacial score (nSPS) is 11.3. The summed E-state index contributed by atoms with van der Waals surface area (Å²) in [7, 11) is 4.28. The van der Waals surface area contributed by atoms with Crippen LogP contribution in [0.15, 0.2) is 40.1 Å². The number of esters is 1. The van der Waals surface area contributed by atoms with Gasteiger partial charge in [0.1, 0.15) is 12.3 Å². The fourth-order valence-electron chi connectivity index (χ4n) is 3.46. The van der Waals surface area contributed by atoms with Crippen molar-refractivity contribution in [2.24, 2.45) is 7.05 Å². The van der Waals surface area contributed by atoms with Gasteiger partial charge in [0, 0.05) is 18.9 Å². The second-order valence-corrected chi connectivity index (χ2v) is 6.54. The highest BCUT2D eigenvalue weighted by molar-refractivity contribution is 5.77. The number of benzene rings is 1. The molecule has 0 aliphatic rings. The van der Waals surface area contributed by atoms with Gasteiger partial charge in [-0.2, -0.15) is 4.98 Å². The summed E-state index contributed by atoms with van der Waals surface area (Å²) in [5.74, 6) is 0.398. The van der Waals surface area contributed by atoms with E-state index >= 15 is 0 Å². The fraction of sp³-hybridized carbons (Fsp3) is 0.263. The highest BCUT2D eigenvalue weighted by Gasteiger charge is 2.22. The molecule has 0 atom stereocenters. The largest absolute Gasteiger partial charge is 0.495 e. The van der Waals surface area contributed by atoms with E-state index in [-0.39, 0.29) is 11.2 Å². The standard InChI is InChI=1S/C19H19N5O5/c1-11-9-22-15-16(21(2)19(27)23(17(15)26)10-14(25)29-4)20-18(22)24(11)12-7-5-6-8-13(12)28-3/h5-9H,10H2,1-4H3. The second-order valence-electron chi connectivity index (χ2n) is 6.54. The number of nitrogens with zero attached hydrogens (tertiary/aromatic N) is 5. The molecule has 0 spiro atoms. The van der Waals surface area contributed by atoms with Crippen molar-refractivity contribution >= 4 is 22.9 Å². The zero-order valence-corrected chi connectivity index (χ0v) is 16.4. The van der Waals surface area contributed by atoms with Gasteiger partial charge in [-0.05, 0) is 19.1 Å². The Hall–Kier alpha value is -3.82. The first-order chi connectivity index (χ1) is 13.9. The smallest absolute Gasteiger partial charge is 0.333 e. The van der Waals surface area contributed by atoms with Crippen LogP contribution in [-0.2, 0) is 23.1 Å². The Morgan fingerprint density at radius 1 is 1.17 bits per heavy atom. The van der Waals surface area contributed by atoms with Crippen LogP contribution in [0.2, 0.25) is 0 Å². The molecule has 4 aromatic rings. The Morgan fingerprint density at radius 3 is 2.59 bits per heavy atom. The number of methoxy groups -OCH3 is 2. The van der Waals surface area contributed by atoms with Crippen LogP contribution in [0.4, 0.5) is 0 Å². The van der Waals surface area contributed by atoms with Gasteiger partial charge in [-0.3, -0.25) is 23.1 Å². The lowest BCUT2D eigenvalue weighted by molar-refractivity contribution is -0.141. The van der Waals surface area contributed by atoms with Crippen molar-refractivity contribution in [1.82, 2.24) is 23.1 Å². The molecule has 0 saturated carbocycles. The van der Waals surface area contributed by atoms with Crippen LogP contribution < -0.4 is 16.0 Å². The molecule has 0 unspecified atom stereocenters. The summed E-state index contributed by atoms with van der Waals surface area (Å²) < 4.78 is 15.6. The van der Waals surface area contributed by atoms with Crippen LogP contribution in [0.25, 0.3) is 22.6 Å². The predicted octanol–water partition coefficient (Wildman–Crippen LogP) is 0.629. The number of para-hydroxylation sites is 2. The van der Waals surface area contributed by atoms with Gasteiger partial charge in [0.05, 0.1) is 19.9 Å². The van der Waals surface area contributed by atoms with Crippen LogP contribution in [0, 0.1) is 6.92 Å². The molecule has 29 heavy (non-hydrogen) atoms. The summed E-state index contributed by atoms with van der Waals surface area (Å²) in [5, 5.41) is 0. The molecule has 10 nitrogen and oxygen atoms in total. The number of rotatable bonds is 4. The quantitative estimate of drug-likeness (QED) is 0.468. The van der Waals surface area contributed by atoms with Gasteiger partial charge in [-0.15, -0.1) is 0 Å². The lowest BCUT2D eigenvalue weighted by atomic mass is 10.3. The maximum atomic E-state index is 13.1. The summed E-state index contributed by atoms with van der Waals surface area (Å²) >= 11 is 0. The number of hydrogen-bond acceptors (Lipinski definition) is 6. The SMILES string of the molecule is COC(=O)Cn1c(=O)c2c(nc3n(-c4ccccc4OC)c(C)cn23)n(C)c1=O. The van der Waals surface area contributed by atoms with E-state index in [4.69, 9.17) is 4.74 Å². The van der Waals surface area contributed by atoms with Crippen molar-refractivity contribution in [2.75, 3.05) is 14.2 Å². The van der Waals surface area contributed by atoms with E-state index in [2.05, 4.69) is 9.72 Å². The number of imidazole rings is 2. The minimum absolute atomic E-state index is 0.197. The molecule has 0 fully saturated rings. The minimum atomic E-state index is -0.688. The molecule has 3 aromatic heterocycles. The number of hydrogen-bond donors (Lipinski definition) is 0. The van der Waals surface area contributed by atoms with Gasteiger partial charge in [-0.1, -0.05) is 12.1 Å². The summed E-state index contributed by atoms with van der Waals surface area (Å²) in [4.78, 5) is 41.9. The Labute approximate surface area is 164 Å². The van der Waals surface area contributed by atoms with Crippen LogP contribution >= 0.6 is 0 Å². The molecular formula is C19H19N5O5. The molecule has 150 valence electrons. The van der Waals surface area contributed by atoms with E-state index < -0.39 is 23.8 Å². The molecule has 0 saturated heterocycles. The van der Waals surface area contributed by atoms with Crippen LogP contribution in [0.5, 0.6) is 5.75 Å². The first-order valence-corrected chi connectivity index (χ1v) is 8.79. The molecule has 3 heterocycles. The lowest BCUT2D eigenvalue weighted by Crippen LogP contribution is -2.41. The molecule has 0 amide bonds. The molecule has 10 heteroatoms. The van der Waals surface area contributed by atoms with Crippen molar-refractivity contribution in [1.29, 1.82) is 0 Å². The Balaban J connectivity index is 2.10. The van der Waals surface area contributed by atoms with Crippen molar-refractivity contribution in [3.8, 4) is 11.4 Å². The van der Waals surface area contributed by atoms with Gasteiger partial charge >= 0.3 is 11.7 Å². The molecule has 0 aliphatic heterocycles. The third-order valence-electron chi connectivity index (χ3n) is 4.87. The van der Waals surface area contributed by atoms with Gasteiger partial charge < -0.3 is 9.47 Å². The molecule has 0 aliphatic carbocycles. The molecule has 0 N–H and O–H groups in total. The van der Waals surface area contributed by atoms with E-state index in [0.29, 0.717) is 11.5 Å². The highest BCUT2D eigenvalue weighted by Crippen LogP contribution is 2.27. The van der Waals surface area contributed by atoms with Crippen LogP contribution in [-0.4, -0.2) is 43.3 Å². The van der Waals surface area contributed by atoms with Gasteiger partial charge in [0.25, 0.3) is 5.56 Å². The van der Waals surface area contributed by atoms with Crippen LogP contribution in [0.3, 0.4) is 0 Å². The van der Waals surface area contributed by atoms with Gasteiger partial charge in [0.15, 0.2) is 11.2 Å². The number of fused-ring (bicyclic) bond motifs is 3. The lowest BCUT2D eigenvalue weighted by Gasteiger charge is -2.10. The van der Waals surface area contributed by atoms with E-state index in [1.54, 1.807) is 17.7 Å². The molecule has 1 aromatic carbocycles. The first kappa shape index (κ1) is 18.5. The summed E-state index contributed by atoms with van der Waals surface area (Å²) in [5.41, 5.74) is 0.722. The number of aryl methyl sites for hydroxylation is 2. The number of carbonyl (C=O) groups is 1. The molecule has 4 rings (SSSR count). The zero-order chi connectivity index (χ0) is 20.9. The summed E-state index contributed by atoms with van der Waals surface area (Å²) in [6.45, 7) is 1.40. The second kappa shape index (κ2) is 6.66. The van der Waals surface area contributed by atoms with E-state index in [0.717, 1.165) is 15.9 Å². The van der Waals surface area contributed by atoms with Crippen molar-refractivity contribution in [2.45, 2.75) is 13.5 Å². The van der Waals surface area contributed by atoms with Gasteiger partial charge in [-0.25, -0.2) is 9.36 Å². The number of ether oxygens (including phenoxy) is 2. The average molecular weight is 397 g/mol. The molecular weight excluding hydrogens is 378 g/mol. The molecule has 0 bridgehead atoms. The van der Waals surface area contributed by atoms with Crippen molar-refractivity contribution < 1.29 is 14.3 Å². The minimum Gasteiger partial charge on any atom is -0.495 e. The fourth-order valence-corrected chi connectivity index (χ4v) is 3.46. The maximum Gasteiger partial charge on any atom is 0.333 e. The topological polar surface area (TPSA) is 102 Å². The third-order valence-corrected chi connectivity index (χ3v) is 4.87. The third kappa shape index (κ3) is 2.64. The Kier molecular flexibility index (Phi) is 4.26. The first-order valence-electron chi connectivity index (χ1n) is 8.79. The van der Waals surface area contributed by atoms with Crippen molar-refractivity contribution in [3.05, 3.63) is 57.0 Å². The number of carbonyl (C=O) groups excluding carboxylic acids is 1. The van der Waals surface area contributed by atoms with E-state index in [9.17, 15) is 14.4 Å². The highest BCUT2D eigenvalue weighted by atomic mass is 16.5. The van der Waals surface area contributed by atoms with Crippen molar-refractivity contribution in [3.63, 3.8) is 0 Å². The van der Waals surface area contributed by atoms with E-state index in [1.165, 1.54) is 18.7 Å². The van der Waals surface area contributed by atoms with Gasteiger partial charge in [0.2, 0.25) is 5.78 Å². The molecule has 0 radical (unpaired) electrons. The maximum absolute atomic E-state index is 13.1. The zero-order valence-electron chi connectivity index (χ0n) is 16.4. The Morgan fingerprint density at radius 2 is 1.90 bits per heavy atom. The van der Waals surface area contributed by atoms with E-state index in [1.807, 2.05) is 35.8 Å². The summed E-state index contributed by atoms with van der Waals surface area (Å²) in [6.07, 6.45) is 1.76. The van der Waals surface area contributed by atoms with Crippen LogP contribution in [0.1, 0.15) is 5.69 Å². The average Bonchev–Trinajstić information content (AvgIpc) is 3.23.